The Morgan fingerprint density at radius 1 is 1.75 bits per heavy atom. The number of nitrogens with one attached hydrogen (secondary N) is 1. The monoisotopic (exact) mass is 173 g/mol. The third-order valence-electron chi connectivity index (χ3n) is 1.29. The molecular weight excluding hydrogens is 162 g/mol. The second-order valence-corrected chi connectivity index (χ2v) is 2.23. The third kappa shape index (κ3) is 3.70. The highest BCUT2D eigenvalue weighted by atomic mass is 16.4. The fourth-order valence-corrected chi connectivity index (χ4v) is 0.799. The van der Waals surface area contributed by atoms with E-state index in [9.17, 15) is 9.59 Å². The lowest BCUT2D eigenvalue weighted by Crippen LogP contribution is -2.32. The first-order valence-corrected chi connectivity index (χ1v) is 3.53. The molecule has 0 aliphatic carbocycles. The van der Waals surface area contributed by atoms with Crippen molar-refractivity contribution >= 4 is 18.2 Å². The first-order chi connectivity index (χ1) is 5.61. The average Bonchev–Trinajstić information content (AvgIpc) is 2.37. The van der Waals surface area contributed by atoms with Gasteiger partial charge in [0.15, 0.2) is 0 Å². The smallest absolute Gasteiger partial charge is 0.326 e. The number of hydrogen-bond acceptors (Lipinski definition) is 3. The van der Waals surface area contributed by atoms with E-state index >= 15 is 0 Å². The Hall–Kier alpha value is -1.39. The van der Waals surface area contributed by atoms with E-state index in [0.717, 1.165) is 6.29 Å². The van der Waals surface area contributed by atoms with Crippen molar-refractivity contribution in [3.8, 4) is 0 Å². The molecule has 1 unspecified atom stereocenters. The molecule has 1 aliphatic heterocycles. The molecule has 68 valence electrons. The van der Waals surface area contributed by atoms with Crippen molar-refractivity contribution in [2.45, 2.75) is 25.8 Å². The van der Waals surface area contributed by atoms with E-state index in [1.807, 2.05) is 0 Å². The molecule has 1 rings (SSSR count). The lowest BCUT2D eigenvalue weighted by molar-refractivity contribution is -0.140. The van der Waals surface area contributed by atoms with Gasteiger partial charge in [0.1, 0.15) is 12.3 Å². The van der Waals surface area contributed by atoms with Crippen molar-refractivity contribution < 1.29 is 19.5 Å². The summed E-state index contributed by atoms with van der Waals surface area (Å²) in [7, 11) is 0. The first-order valence-electron chi connectivity index (χ1n) is 3.53. The van der Waals surface area contributed by atoms with Gasteiger partial charge < -0.3 is 15.2 Å². The molecule has 5 nitrogen and oxygen atoms in total. The van der Waals surface area contributed by atoms with Crippen molar-refractivity contribution in [3.05, 3.63) is 0 Å². The Labute approximate surface area is 69.8 Å². The van der Waals surface area contributed by atoms with Crippen LogP contribution >= 0.6 is 0 Å². The van der Waals surface area contributed by atoms with Gasteiger partial charge in [0.25, 0.3) is 0 Å². The predicted molar refractivity (Wildman–Crippen MR) is 40.5 cm³/mol. The van der Waals surface area contributed by atoms with Gasteiger partial charge in [0.05, 0.1) is 0 Å². The number of rotatable bonds is 1. The Kier molecular flexibility index (Phi) is 4.67. The zero-order valence-electron chi connectivity index (χ0n) is 6.74. The summed E-state index contributed by atoms with van der Waals surface area (Å²) in [6, 6.07) is -0.641. The number of hydrogen-bond donors (Lipinski definition) is 2. The summed E-state index contributed by atoms with van der Waals surface area (Å²) in [4.78, 5) is 29.3. The number of carboxylic acid groups (broad SMARTS) is 1. The number of carbonyl (C=O) groups is 3. The quantitative estimate of drug-likeness (QED) is 0.526. The number of amides is 1. The largest absolute Gasteiger partial charge is 0.480 e. The van der Waals surface area contributed by atoms with Crippen molar-refractivity contribution in [1.29, 1.82) is 0 Å². The second kappa shape index (κ2) is 5.29. The van der Waals surface area contributed by atoms with Crippen LogP contribution in [-0.2, 0) is 14.4 Å². The summed E-state index contributed by atoms with van der Waals surface area (Å²) >= 11 is 0. The van der Waals surface area contributed by atoms with Crippen LogP contribution in [0.1, 0.15) is 19.8 Å². The van der Waals surface area contributed by atoms with E-state index in [1.54, 1.807) is 0 Å². The van der Waals surface area contributed by atoms with Crippen LogP contribution in [0.25, 0.3) is 0 Å². The van der Waals surface area contributed by atoms with Gasteiger partial charge in [-0.25, -0.2) is 4.79 Å². The SMILES string of the molecule is CC=O.O=C1CCC(C(=O)O)N1. The molecule has 1 aliphatic rings. The molecule has 5 heteroatoms. The second-order valence-electron chi connectivity index (χ2n) is 2.23. The molecule has 1 atom stereocenters. The van der Waals surface area contributed by atoms with Crippen molar-refractivity contribution in [3.63, 3.8) is 0 Å². The highest BCUT2D eigenvalue weighted by Crippen LogP contribution is 2.05. The molecule has 1 saturated heterocycles. The minimum atomic E-state index is -0.944. The van der Waals surface area contributed by atoms with Crippen LogP contribution in [0.3, 0.4) is 0 Å². The average molecular weight is 173 g/mol. The van der Waals surface area contributed by atoms with Crippen LogP contribution in [0.2, 0.25) is 0 Å². The topological polar surface area (TPSA) is 83.5 Å². The molecular formula is C7H11NO4. The molecule has 1 fully saturated rings. The summed E-state index contributed by atoms with van der Waals surface area (Å²) in [6.07, 6.45) is 1.52. The normalized spacial score (nSPS) is 20.4. The highest BCUT2D eigenvalue weighted by molar-refractivity contribution is 5.87. The van der Waals surface area contributed by atoms with Crippen molar-refractivity contribution in [2.24, 2.45) is 0 Å². The standard InChI is InChI=1S/C5H7NO3.C2H4O/c7-4-2-1-3(6-4)5(8)9;1-2-3/h3H,1-2H2,(H,6,7)(H,8,9);2H,1H3. The molecule has 0 saturated carbocycles. The minimum absolute atomic E-state index is 0.164. The Morgan fingerprint density at radius 2 is 2.25 bits per heavy atom. The predicted octanol–water partition coefficient (Wildman–Crippen LogP) is -0.445. The van der Waals surface area contributed by atoms with Gasteiger partial charge in [-0.2, -0.15) is 0 Å². The number of carbonyl (C=O) groups excluding carboxylic acids is 2. The number of aliphatic carboxylic acids is 1. The van der Waals surface area contributed by atoms with Crippen LogP contribution in [0.15, 0.2) is 0 Å². The number of carboxylic acids is 1. The van der Waals surface area contributed by atoms with Gasteiger partial charge >= 0.3 is 5.97 Å². The van der Waals surface area contributed by atoms with Crippen LogP contribution in [0.4, 0.5) is 0 Å². The van der Waals surface area contributed by atoms with E-state index in [2.05, 4.69) is 5.32 Å². The summed E-state index contributed by atoms with van der Waals surface area (Å²) < 4.78 is 0. The summed E-state index contributed by atoms with van der Waals surface area (Å²) in [5.41, 5.74) is 0. The summed E-state index contributed by atoms with van der Waals surface area (Å²) in [6.45, 7) is 1.44. The molecule has 0 spiro atoms. The molecule has 2 N–H and O–H groups in total. The van der Waals surface area contributed by atoms with Crippen LogP contribution < -0.4 is 5.32 Å². The third-order valence-corrected chi connectivity index (χ3v) is 1.29. The zero-order valence-corrected chi connectivity index (χ0v) is 6.74. The molecule has 0 aromatic rings. The minimum Gasteiger partial charge on any atom is -0.480 e. The fraction of sp³-hybridized carbons (Fsp3) is 0.571. The Bertz CT molecular complexity index is 190. The van der Waals surface area contributed by atoms with Gasteiger partial charge in [-0.1, -0.05) is 0 Å². The highest BCUT2D eigenvalue weighted by Gasteiger charge is 2.26. The van der Waals surface area contributed by atoms with E-state index in [1.165, 1.54) is 6.92 Å². The molecule has 1 amide bonds. The maximum absolute atomic E-state index is 10.4. The van der Waals surface area contributed by atoms with Gasteiger partial charge in [-0.05, 0) is 13.3 Å². The van der Waals surface area contributed by atoms with Crippen molar-refractivity contribution in [1.82, 2.24) is 5.32 Å². The fourth-order valence-electron chi connectivity index (χ4n) is 0.799. The van der Waals surface area contributed by atoms with Crippen LogP contribution in [0, 0.1) is 0 Å². The van der Waals surface area contributed by atoms with Gasteiger partial charge in [0.2, 0.25) is 5.91 Å². The lowest BCUT2D eigenvalue weighted by atomic mass is 10.2. The molecule has 12 heavy (non-hydrogen) atoms. The van der Waals surface area contributed by atoms with Crippen LogP contribution in [-0.4, -0.2) is 29.3 Å². The van der Waals surface area contributed by atoms with Gasteiger partial charge in [-0.3, -0.25) is 4.79 Å². The maximum Gasteiger partial charge on any atom is 0.326 e. The van der Waals surface area contributed by atoms with E-state index < -0.39 is 12.0 Å². The molecule has 0 bridgehead atoms. The Morgan fingerprint density at radius 3 is 2.42 bits per heavy atom. The summed E-state index contributed by atoms with van der Waals surface area (Å²) in [5, 5.41) is 10.6. The van der Waals surface area contributed by atoms with Gasteiger partial charge in [-0.15, -0.1) is 0 Å². The molecule has 0 aromatic carbocycles. The lowest BCUT2D eigenvalue weighted by Gasteiger charge is -1.99. The van der Waals surface area contributed by atoms with Gasteiger partial charge in [0, 0.05) is 6.42 Å². The zero-order chi connectivity index (χ0) is 9.56. The van der Waals surface area contributed by atoms with E-state index in [0.29, 0.717) is 12.8 Å². The number of aldehydes is 1. The van der Waals surface area contributed by atoms with Crippen LogP contribution in [0.5, 0.6) is 0 Å². The maximum atomic E-state index is 10.4. The molecule has 0 aromatic heterocycles. The summed E-state index contributed by atoms with van der Waals surface area (Å²) in [5.74, 6) is -1.11. The van der Waals surface area contributed by atoms with E-state index in [4.69, 9.17) is 9.90 Å². The van der Waals surface area contributed by atoms with E-state index in [-0.39, 0.29) is 5.91 Å². The first kappa shape index (κ1) is 10.6. The van der Waals surface area contributed by atoms with Crippen molar-refractivity contribution in [2.75, 3.05) is 0 Å². The Balaban J connectivity index is 0.000000354. The molecule has 1 heterocycles. The molecule has 0 radical (unpaired) electrons.